The molecular formula is C43H28N4. The molecule has 3 heterocycles. The van der Waals surface area contributed by atoms with Gasteiger partial charge in [0.25, 0.3) is 0 Å². The largest absolute Gasteiger partial charge is 0.309 e. The Labute approximate surface area is 271 Å². The molecule has 220 valence electrons. The van der Waals surface area contributed by atoms with Gasteiger partial charge in [0.1, 0.15) is 5.82 Å². The molecule has 4 heteroatoms. The first kappa shape index (κ1) is 26.0. The molecule has 1 aliphatic carbocycles. The van der Waals surface area contributed by atoms with Crippen molar-refractivity contribution >= 4 is 49.7 Å². The highest BCUT2D eigenvalue weighted by Crippen LogP contribution is 2.42. The molecule has 4 nitrogen and oxygen atoms in total. The van der Waals surface area contributed by atoms with E-state index in [1.54, 1.807) is 0 Å². The van der Waals surface area contributed by atoms with E-state index in [9.17, 15) is 0 Å². The summed E-state index contributed by atoms with van der Waals surface area (Å²) in [6.45, 7) is 0. The van der Waals surface area contributed by atoms with Crippen LogP contribution in [-0.4, -0.2) is 19.1 Å². The maximum atomic E-state index is 5.16. The highest BCUT2D eigenvalue weighted by molar-refractivity contribution is 6.17. The molecule has 0 spiro atoms. The van der Waals surface area contributed by atoms with Gasteiger partial charge in [0.05, 0.1) is 33.4 Å². The molecule has 0 bridgehead atoms. The molecule has 1 aliphatic rings. The smallest absolute Gasteiger partial charge is 0.145 e. The monoisotopic (exact) mass is 600 g/mol. The molecule has 0 aliphatic heterocycles. The normalized spacial score (nSPS) is 12.5. The van der Waals surface area contributed by atoms with E-state index < -0.39 is 0 Å². The Hall–Kier alpha value is -6.26. The van der Waals surface area contributed by atoms with Crippen LogP contribution < -0.4 is 0 Å². The van der Waals surface area contributed by atoms with Crippen LogP contribution >= 0.6 is 0 Å². The standard InChI is InChI=1S/C43H28N4/c1-2-12-29(13-3-1)43-45-37-20-5-7-22-39(37)47(43)33-25-31(36-19-8-9-23-44-36)24-32(27-33)46-38-21-6-4-17-34(38)42-35-18-11-15-28-14-10-16-30(41(28)35)26-40(42)46/h1-17,19-27H,18H2. The summed E-state index contributed by atoms with van der Waals surface area (Å²) in [5.41, 5.74) is 12.3. The second kappa shape index (κ2) is 10.1. The number of allylic oxidation sites excluding steroid dienone is 1. The molecule has 10 rings (SSSR count). The van der Waals surface area contributed by atoms with Crippen LogP contribution in [0.1, 0.15) is 11.1 Å². The van der Waals surface area contributed by atoms with E-state index in [1.165, 1.54) is 43.7 Å². The summed E-state index contributed by atoms with van der Waals surface area (Å²) in [4.78, 5) is 9.96. The zero-order chi connectivity index (χ0) is 30.9. The Kier molecular flexibility index (Phi) is 5.60. The Morgan fingerprint density at radius 1 is 0.553 bits per heavy atom. The molecular weight excluding hydrogens is 573 g/mol. The van der Waals surface area contributed by atoms with E-state index in [2.05, 4.69) is 149 Å². The van der Waals surface area contributed by atoms with E-state index in [4.69, 9.17) is 9.97 Å². The third kappa shape index (κ3) is 3.95. The van der Waals surface area contributed by atoms with Crippen molar-refractivity contribution in [2.75, 3.05) is 0 Å². The van der Waals surface area contributed by atoms with E-state index in [1.807, 2.05) is 18.3 Å². The predicted molar refractivity (Wildman–Crippen MR) is 194 cm³/mol. The molecule has 6 aromatic carbocycles. The summed E-state index contributed by atoms with van der Waals surface area (Å²) < 4.78 is 4.74. The quantitative estimate of drug-likeness (QED) is 0.201. The number of para-hydroxylation sites is 3. The summed E-state index contributed by atoms with van der Waals surface area (Å²) >= 11 is 0. The van der Waals surface area contributed by atoms with Gasteiger partial charge in [0, 0.05) is 33.8 Å². The molecule has 0 atom stereocenters. The molecule has 0 fully saturated rings. The molecule has 0 unspecified atom stereocenters. The van der Waals surface area contributed by atoms with Gasteiger partial charge in [0.2, 0.25) is 0 Å². The first-order valence-corrected chi connectivity index (χ1v) is 16.1. The van der Waals surface area contributed by atoms with Crippen molar-refractivity contribution in [1.82, 2.24) is 19.1 Å². The van der Waals surface area contributed by atoms with Crippen molar-refractivity contribution in [3.05, 3.63) is 163 Å². The van der Waals surface area contributed by atoms with Crippen molar-refractivity contribution in [3.63, 3.8) is 0 Å². The second-order valence-corrected chi connectivity index (χ2v) is 12.2. The van der Waals surface area contributed by atoms with Crippen LogP contribution in [0.3, 0.4) is 0 Å². The maximum Gasteiger partial charge on any atom is 0.145 e. The average Bonchev–Trinajstić information content (AvgIpc) is 3.69. The molecule has 3 aromatic heterocycles. The fourth-order valence-electron chi connectivity index (χ4n) is 7.57. The lowest BCUT2D eigenvalue weighted by molar-refractivity contribution is 1.09. The maximum absolute atomic E-state index is 5.16. The number of fused-ring (bicyclic) bond motifs is 5. The third-order valence-corrected chi connectivity index (χ3v) is 9.53. The Bertz CT molecular complexity index is 2700. The van der Waals surface area contributed by atoms with Crippen molar-refractivity contribution in [2.24, 2.45) is 0 Å². The second-order valence-electron chi connectivity index (χ2n) is 12.2. The van der Waals surface area contributed by atoms with Crippen molar-refractivity contribution < 1.29 is 0 Å². The topological polar surface area (TPSA) is 35.6 Å². The summed E-state index contributed by atoms with van der Waals surface area (Å²) in [5, 5.41) is 5.23. The number of hydrogen-bond donors (Lipinski definition) is 0. The minimum Gasteiger partial charge on any atom is -0.309 e. The molecule has 0 saturated carbocycles. The van der Waals surface area contributed by atoms with Crippen LogP contribution in [-0.2, 0) is 6.42 Å². The van der Waals surface area contributed by atoms with E-state index in [-0.39, 0.29) is 0 Å². The summed E-state index contributed by atoms with van der Waals surface area (Å²) in [6.07, 6.45) is 7.35. The minimum atomic E-state index is 0.910. The zero-order valence-electron chi connectivity index (χ0n) is 25.5. The van der Waals surface area contributed by atoms with Gasteiger partial charge < -0.3 is 4.57 Å². The minimum absolute atomic E-state index is 0.910. The summed E-state index contributed by atoms with van der Waals surface area (Å²) in [5.74, 6) is 0.910. The van der Waals surface area contributed by atoms with Crippen molar-refractivity contribution in [1.29, 1.82) is 0 Å². The van der Waals surface area contributed by atoms with Crippen molar-refractivity contribution in [3.8, 4) is 34.0 Å². The number of aromatic nitrogens is 4. The number of nitrogens with zero attached hydrogens (tertiary/aromatic N) is 4. The molecule has 0 amide bonds. The molecule has 47 heavy (non-hydrogen) atoms. The number of rotatable bonds is 4. The van der Waals surface area contributed by atoms with E-state index in [0.29, 0.717) is 0 Å². The molecule has 0 radical (unpaired) electrons. The number of benzene rings is 6. The van der Waals surface area contributed by atoms with E-state index in [0.717, 1.165) is 51.5 Å². The van der Waals surface area contributed by atoms with Crippen LogP contribution in [0.4, 0.5) is 0 Å². The fourth-order valence-corrected chi connectivity index (χ4v) is 7.57. The van der Waals surface area contributed by atoms with Gasteiger partial charge in [-0.25, -0.2) is 4.98 Å². The number of pyridine rings is 1. The fraction of sp³-hybridized carbons (Fsp3) is 0.0233. The van der Waals surface area contributed by atoms with Gasteiger partial charge >= 0.3 is 0 Å². The molecule has 9 aromatic rings. The Morgan fingerprint density at radius 3 is 2.21 bits per heavy atom. The lowest BCUT2D eigenvalue weighted by atomic mass is 9.90. The number of hydrogen-bond acceptors (Lipinski definition) is 2. The summed E-state index contributed by atoms with van der Waals surface area (Å²) in [6, 6.07) is 49.7. The first-order chi connectivity index (χ1) is 23.3. The third-order valence-electron chi connectivity index (χ3n) is 9.53. The molecule has 0 saturated heterocycles. The SMILES string of the molecule is C1=Cc2cccc3cc4c(c(c23)C1)c1ccccc1n4-c1cc(-c2ccccn2)cc(-n2c(-c3ccccc3)nc3ccccc32)c1. The van der Waals surface area contributed by atoms with Crippen molar-refractivity contribution in [2.45, 2.75) is 6.42 Å². The van der Waals surface area contributed by atoms with Gasteiger partial charge in [0.15, 0.2) is 0 Å². The van der Waals surface area contributed by atoms with Crippen LogP contribution in [0.2, 0.25) is 0 Å². The van der Waals surface area contributed by atoms with Gasteiger partial charge in [-0.1, -0.05) is 97.1 Å². The molecule has 0 N–H and O–H groups in total. The Morgan fingerprint density at radius 2 is 1.34 bits per heavy atom. The lowest BCUT2D eigenvalue weighted by Crippen LogP contribution is -2.02. The highest BCUT2D eigenvalue weighted by Gasteiger charge is 2.22. The van der Waals surface area contributed by atoms with Crippen LogP contribution in [0.15, 0.2) is 152 Å². The predicted octanol–water partition coefficient (Wildman–Crippen LogP) is 10.6. The highest BCUT2D eigenvalue weighted by atomic mass is 15.1. The zero-order valence-corrected chi connectivity index (χ0v) is 25.5. The van der Waals surface area contributed by atoms with E-state index >= 15 is 0 Å². The summed E-state index contributed by atoms with van der Waals surface area (Å²) in [7, 11) is 0. The van der Waals surface area contributed by atoms with Crippen LogP contribution in [0, 0.1) is 0 Å². The lowest BCUT2D eigenvalue weighted by Gasteiger charge is -2.17. The van der Waals surface area contributed by atoms with Gasteiger partial charge in [-0.05, 0) is 82.9 Å². The van der Waals surface area contributed by atoms with Gasteiger partial charge in [-0.15, -0.1) is 0 Å². The average molecular weight is 601 g/mol. The first-order valence-electron chi connectivity index (χ1n) is 16.1. The van der Waals surface area contributed by atoms with Gasteiger partial charge in [-0.3, -0.25) is 9.55 Å². The Balaban J connectivity index is 1.33. The van der Waals surface area contributed by atoms with Crippen LogP contribution in [0.5, 0.6) is 0 Å². The number of imidazole rings is 1. The van der Waals surface area contributed by atoms with Gasteiger partial charge in [-0.2, -0.15) is 0 Å². The van der Waals surface area contributed by atoms with Crippen LogP contribution in [0.25, 0.3) is 83.7 Å².